The maximum atomic E-state index is 12.9. The van der Waals surface area contributed by atoms with Crippen LogP contribution in [0.5, 0.6) is 0 Å². The molecule has 0 spiro atoms. The largest absolute Gasteiger partial charge is 0.481 e. The first-order valence-electron chi connectivity index (χ1n) is 9.46. The van der Waals surface area contributed by atoms with E-state index in [1.165, 1.54) is 11.3 Å². The Labute approximate surface area is 173 Å². The van der Waals surface area contributed by atoms with Crippen LogP contribution in [0.15, 0.2) is 41.8 Å². The number of aliphatic carboxylic acids is 1. The van der Waals surface area contributed by atoms with Crippen molar-refractivity contribution in [1.82, 2.24) is 0 Å². The number of carbonyl (C=O) groups excluding carboxylic acids is 2. The number of aryl methyl sites for hydroxylation is 1. The molecule has 152 valence electrons. The van der Waals surface area contributed by atoms with E-state index in [2.05, 4.69) is 5.32 Å². The van der Waals surface area contributed by atoms with E-state index in [4.69, 9.17) is 4.74 Å². The number of hydrogen-bond donors (Lipinski definition) is 2. The molecular formula is C22H23NO5S. The SMILES string of the molecule is CCOC(=O)c1c(-c2ccc(C)cc2)csc1NC(=O)[C@H]1CC=CC[C@@H]1C(=O)O. The Balaban J connectivity index is 1.93. The zero-order valence-corrected chi connectivity index (χ0v) is 17.1. The van der Waals surface area contributed by atoms with E-state index in [0.29, 0.717) is 29.0 Å². The van der Waals surface area contributed by atoms with Gasteiger partial charge in [0, 0.05) is 10.9 Å². The lowest BCUT2D eigenvalue weighted by Crippen LogP contribution is -2.34. The quantitative estimate of drug-likeness (QED) is 0.537. The van der Waals surface area contributed by atoms with Gasteiger partial charge >= 0.3 is 11.9 Å². The van der Waals surface area contributed by atoms with Gasteiger partial charge in [0.2, 0.25) is 5.91 Å². The van der Waals surface area contributed by atoms with E-state index < -0.39 is 29.7 Å². The molecule has 2 aromatic rings. The summed E-state index contributed by atoms with van der Waals surface area (Å²) in [6.07, 6.45) is 4.28. The van der Waals surface area contributed by atoms with Crippen LogP contribution in [0.3, 0.4) is 0 Å². The molecule has 7 heteroatoms. The van der Waals surface area contributed by atoms with Gasteiger partial charge in [0.25, 0.3) is 0 Å². The molecule has 1 aliphatic carbocycles. The van der Waals surface area contributed by atoms with Crippen molar-refractivity contribution in [3.63, 3.8) is 0 Å². The van der Waals surface area contributed by atoms with Crippen molar-refractivity contribution in [2.24, 2.45) is 11.8 Å². The van der Waals surface area contributed by atoms with Gasteiger partial charge in [-0.15, -0.1) is 11.3 Å². The lowest BCUT2D eigenvalue weighted by molar-refractivity contribution is -0.146. The summed E-state index contributed by atoms with van der Waals surface area (Å²) in [5.74, 6) is -3.37. The number of ether oxygens (including phenoxy) is 1. The number of carboxylic acid groups (broad SMARTS) is 1. The van der Waals surface area contributed by atoms with Crippen LogP contribution in [0, 0.1) is 18.8 Å². The molecule has 1 aromatic heterocycles. The number of amides is 1. The van der Waals surface area contributed by atoms with Crippen LogP contribution in [0.2, 0.25) is 0 Å². The highest BCUT2D eigenvalue weighted by molar-refractivity contribution is 7.15. The maximum absolute atomic E-state index is 12.9. The molecule has 0 bridgehead atoms. The van der Waals surface area contributed by atoms with Gasteiger partial charge in [-0.25, -0.2) is 4.79 Å². The standard InChI is InChI=1S/C22H23NO5S/c1-3-28-22(27)18-17(14-10-8-13(2)9-11-14)12-29-20(18)23-19(24)15-6-4-5-7-16(15)21(25)26/h4-5,8-12,15-16H,3,6-7H2,1-2H3,(H,23,24)(H,25,26)/t15-,16-/m0/s1. The molecule has 0 unspecified atom stereocenters. The predicted molar refractivity (Wildman–Crippen MR) is 112 cm³/mol. The van der Waals surface area contributed by atoms with Crippen LogP contribution < -0.4 is 5.32 Å². The Kier molecular flexibility index (Phi) is 6.49. The first-order chi connectivity index (χ1) is 13.9. The number of rotatable bonds is 6. The number of benzene rings is 1. The normalized spacial score (nSPS) is 18.3. The molecule has 0 saturated heterocycles. The summed E-state index contributed by atoms with van der Waals surface area (Å²) in [7, 11) is 0. The molecule has 2 atom stereocenters. The van der Waals surface area contributed by atoms with Gasteiger partial charge in [-0.1, -0.05) is 42.0 Å². The summed E-state index contributed by atoms with van der Waals surface area (Å²) in [5.41, 5.74) is 2.93. The van der Waals surface area contributed by atoms with Crippen LogP contribution in [0.1, 0.15) is 35.7 Å². The molecule has 6 nitrogen and oxygen atoms in total. The molecule has 0 radical (unpaired) electrons. The van der Waals surface area contributed by atoms with Crippen LogP contribution in [-0.4, -0.2) is 29.6 Å². The summed E-state index contributed by atoms with van der Waals surface area (Å²) in [4.78, 5) is 37.0. The van der Waals surface area contributed by atoms with Crippen molar-refractivity contribution in [2.45, 2.75) is 26.7 Å². The van der Waals surface area contributed by atoms with Crippen molar-refractivity contribution in [1.29, 1.82) is 0 Å². The predicted octanol–water partition coefficient (Wildman–Crippen LogP) is 4.51. The van der Waals surface area contributed by atoms with Crippen molar-refractivity contribution in [3.8, 4) is 11.1 Å². The zero-order chi connectivity index (χ0) is 21.0. The number of anilines is 1. The van der Waals surface area contributed by atoms with Crippen molar-refractivity contribution < 1.29 is 24.2 Å². The van der Waals surface area contributed by atoms with E-state index >= 15 is 0 Å². The van der Waals surface area contributed by atoms with Crippen molar-refractivity contribution >= 4 is 34.2 Å². The number of hydrogen-bond acceptors (Lipinski definition) is 5. The Morgan fingerprint density at radius 2 is 1.79 bits per heavy atom. The number of allylic oxidation sites excluding steroid dienone is 2. The average Bonchev–Trinajstić information content (AvgIpc) is 3.12. The second-order valence-electron chi connectivity index (χ2n) is 6.92. The van der Waals surface area contributed by atoms with E-state index in [1.807, 2.05) is 42.6 Å². The van der Waals surface area contributed by atoms with Gasteiger partial charge < -0.3 is 15.2 Å². The number of esters is 1. The fourth-order valence-corrected chi connectivity index (χ4v) is 4.34. The summed E-state index contributed by atoms with van der Waals surface area (Å²) < 4.78 is 5.21. The zero-order valence-electron chi connectivity index (χ0n) is 16.3. The highest BCUT2D eigenvalue weighted by Gasteiger charge is 2.35. The highest BCUT2D eigenvalue weighted by atomic mass is 32.1. The highest BCUT2D eigenvalue weighted by Crippen LogP contribution is 2.37. The molecular weight excluding hydrogens is 390 g/mol. The fraction of sp³-hybridized carbons (Fsp3) is 0.318. The van der Waals surface area contributed by atoms with Gasteiger partial charge in [0.15, 0.2) is 0 Å². The van der Waals surface area contributed by atoms with Crippen LogP contribution in [-0.2, 0) is 14.3 Å². The Hall–Kier alpha value is -2.93. The molecule has 3 rings (SSSR count). The van der Waals surface area contributed by atoms with E-state index in [-0.39, 0.29) is 6.61 Å². The summed E-state index contributed by atoms with van der Waals surface area (Å²) >= 11 is 1.23. The van der Waals surface area contributed by atoms with Crippen LogP contribution in [0.25, 0.3) is 11.1 Å². The van der Waals surface area contributed by atoms with Crippen LogP contribution >= 0.6 is 11.3 Å². The minimum absolute atomic E-state index is 0.212. The molecule has 1 aliphatic rings. The first kappa shape index (κ1) is 20.8. The van der Waals surface area contributed by atoms with Gasteiger partial charge in [-0.05, 0) is 32.3 Å². The van der Waals surface area contributed by atoms with E-state index in [0.717, 1.165) is 11.1 Å². The van der Waals surface area contributed by atoms with E-state index in [1.54, 1.807) is 13.0 Å². The minimum Gasteiger partial charge on any atom is -0.481 e. The molecule has 29 heavy (non-hydrogen) atoms. The third kappa shape index (κ3) is 4.56. The molecule has 2 N–H and O–H groups in total. The summed E-state index contributed by atoms with van der Waals surface area (Å²) in [6.45, 7) is 3.91. The lowest BCUT2D eigenvalue weighted by atomic mass is 9.82. The number of nitrogens with one attached hydrogen (secondary N) is 1. The number of carboxylic acids is 1. The van der Waals surface area contributed by atoms with Crippen molar-refractivity contribution in [2.75, 3.05) is 11.9 Å². The third-order valence-electron chi connectivity index (χ3n) is 4.96. The molecule has 0 fully saturated rings. The smallest absolute Gasteiger partial charge is 0.341 e. The summed E-state index contributed by atoms with van der Waals surface area (Å²) in [6, 6.07) is 7.73. The monoisotopic (exact) mass is 413 g/mol. The number of thiophene rings is 1. The lowest BCUT2D eigenvalue weighted by Gasteiger charge is -2.24. The van der Waals surface area contributed by atoms with Gasteiger partial charge in [-0.3, -0.25) is 9.59 Å². The second kappa shape index (κ2) is 9.05. The first-order valence-corrected chi connectivity index (χ1v) is 10.3. The second-order valence-corrected chi connectivity index (χ2v) is 7.80. The minimum atomic E-state index is -0.994. The summed E-state index contributed by atoms with van der Waals surface area (Å²) in [5, 5.41) is 14.4. The molecule has 0 aliphatic heterocycles. The van der Waals surface area contributed by atoms with Crippen LogP contribution in [0.4, 0.5) is 5.00 Å². The molecule has 1 aromatic carbocycles. The topological polar surface area (TPSA) is 92.7 Å². The molecule has 1 amide bonds. The Morgan fingerprint density at radius 3 is 2.41 bits per heavy atom. The Morgan fingerprint density at radius 1 is 1.14 bits per heavy atom. The average molecular weight is 413 g/mol. The maximum Gasteiger partial charge on any atom is 0.341 e. The molecule has 1 heterocycles. The van der Waals surface area contributed by atoms with Gasteiger partial charge in [0.05, 0.1) is 18.4 Å². The Bertz CT molecular complexity index is 945. The van der Waals surface area contributed by atoms with Gasteiger partial charge in [-0.2, -0.15) is 0 Å². The van der Waals surface area contributed by atoms with Crippen molar-refractivity contribution in [3.05, 3.63) is 52.9 Å². The van der Waals surface area contributed by atoms with Gasteiger partial charge in [0.1, 0.15) is 10.6 Å². The number of carbonyl (C=O) groups is 3. The van der Waals surface area contributed by atoms with E-state index in [9.17, 15) is 19.5 Å². The third-order valence-corrected chi connectivity index (χ3v) is 5.85. The molecule has 0 saturated carbocycles. The fourth-order valence-electron chi connectivity index (χ4n) is 3.38.